The number of aliphatic hydroxyl groups is 2. The van der Waals surface area contributed by atoms with Gasteiger partial charge in [-0.3, -0.25) is 0 Å². The van der Waals surface area contributed by atoms with Gasteiger partial charge in [-0.25, -0.2) is 0 Å². The van der Waals surface area contributed by atoms with E-state index in [0.29, 0.717) is 25.0 Å². The van der Waals surface area contributed by atoms with Gasteiger partial charge in [0.25, 0.3) is 0 Å². The number of hydrogen-bond donors (Lipinski definition) is 2. The smallest absolute Gasteiger partial charge is 0.545 e. The molecule has 0 radical (unpaired) electrons. The molecule has 0 saturated heterocycles. The van der Waals surface area contributed by atoms with Gasteiger partial charge < -0.3 is 49.8 Å². The molecule has 12 heteroatoms. The predicted octanol–water partition coefficient (Wildman–Crippen LogP) is -2.49. The molecule has 36 heavy (non-hydrogen) atoms. The summed E-state index contributed by atoms with van der Waals surface area (Å²) in [6.45, 7) is 0.395. The van der Waals surface area contributed by atoms with Crippen LogP contribution >= 0.6 is 0 Å². The Morgan fingerprint density at radius 1 is 0.472 bits per heavy atom. The van der Waals surface area contributed by atoms with E-state index in [0.717, 1.165) is 64.2 Å². The Morgan fingerprint density at radius 3 is 0.944 bits per heavy atom. The molecule has 0 unspecified atom stereocenters. The second-order valence-electron chi connectivity index (χ2n) is 7.74. The van der Waals surface area contributed by atoms with Gasteiger partial charge in [-0.2, -0.15) is 0 Å². The van der Waals surface area contributed by atoms with Gasteiger partial charge in [-0.05, 0) is 61.8 Å². The molecule has 0 saturated carbocycles. The number of rotatable bonds is 20. The summed E-state index contributed by atoms with van der Waals surface area (Å²) in [7, 11) is 0. The second kappa shape index (κ2) is 30.0. The normalized spacial score (nSPS) is 10.8. The first-order valence-corrected chi connectivity index (χ1v) is 11.6. The first-order valence-electron chi connectivity index (χ1n) is 11.6. The van der Waals surface area contributed by atoms with Gasteiger partial charge in [0.15, 0.2) is 0 Å². The molecule has 0 aliphatic rings. The zero-order valence-corrected chi connectivity index (χ0v) is 23.9. The van der Waals surface area contributed by atoms with Crippen LogP contribution in [0, 0.1) is 0 Å². The zero-order valence-electron chi connectivity index (χ0n) is 21.0. The maximum absolute atomic E-state index is 10.5. The second-order valence-corrected chi connectivity index (χ2v) is 7.74. The zero-order chi connectivity index (χ0) is 26.2. The number of aliphatic carboxylic acids is 4. The van der Waals surface area contributed by atoms with Gasteiger partial charge in [-0.15, -0.1) is 0 Å². The molecule has 0 aromatic carbocycles. The Balaban J connectivity index is -0.000000269. The molecule has 0 aromatic rings. The van der Waals surface area contributed by atoms with Crippen molar-refractivity contribution in [2.75, 3.05) is 13.2 Å². The molecular formula is C24H36Mg2O10. The van der Waals surface area contributed by atoms with Crippen molar-refractivity contribution in [3.8, 4) is 0 Å². The summed E-state index contributed by atoms with van der Waals surface area (Å²) in [4.78, 5) is 41.5. The van der Waals surface area contributed by atoms with E-state index in [1.54, 1.807) is 0 Å². The van der Waals surface area contributed by atoms with E-state index in [2.05, 4.69) is 0 Å². The van der Waals surface area contributed by atoms with Crippen LogP contribution in [0.3, 0.4) is 0 Å². The van der Waals surface area contributed by atoms with Gasteiger partial charge in [0.1, 0.15) is 0 Å². The number of carboxylic acids is 4. The number of hydrogen-bond acceptors (Lipinski definition) is 10. The minimum Gasteiger partial charge on any atom is -0.545 e. The Bertz CT molecular complexity index is 607. The molecule has 0 spiro atoms. The Morgan fingerprint density at radius 2 is 0.722 bits per heavy atom. The van der Waals surface area contributed by atoms with Crippen LogP contribution in [0.4, 0.5) is 0 Å². The molecule has 0 aliphatic carbocycles. The van der Waals surface area contributed by atoms with E-state index in [1.165, 1.54) is 0 Å². The number of carbonyl (C=O) groups excluding carboxylic acids is 4. The summed E-state index contributed by atoms with van der Waals surface area (Å²) in [5.41, 5.74) is -0.444. The molecule has 0 aliphatic heterocycles. The fraction of sp³-hybridized carbons (Fsp3) is 0.667. The molecule has 0 aromatic heterocycles. The van der Waals surface area contributed by atoms with Gasteiger partial charge in [0, 0.05) is 13.2 Å². The summed E-state index contributed by atoms with van der Waals surface area (Å²) >= 11 is 0. The maximum Gasteiger partial charge on any atom is 2.00 e. The molecule has 0 fully saturated rings. The summed E-state index contributed by atoms with van der Waals surface area (Å²) in [5.74, 6) is -5.91. The van der Waals surface area contributed by atoms with E-state index >= 15 is 0 Å². The molecule has 0 bridgehead atoms. The monoisotopic (exact) mass is 532 g/mol. The molecule has 10 nitrogen and oxygen atoms in total. The van der Waals surface area contributed by atoms with Crippen LogP contribution < -0.4 is 20.4 Å². The number of carbonyl (C=O) groups is 4. The van der Waals surface area contributed by atoms with Crippen LogP contribution in [0.5, 0.6) is 0 Å². The van der Waals surface area contributed by atoms with Crippen molar-refractivity contribution >= 4 is 70.0 Å². The number of aliphatic hydroxyl groups excluding tert-OH is 2. The minimum absolute atomic E-state index is 0. The molecule has 196 valence electrons. The summed E-state index contributed by atoms with van der Waals surface area (Å²) in [5, 5.41) is 58.6. The first-order chi connectivity index (χ1) is 16.1. The first kappa shape index (κ1) is 41.9. The van der Waals surface area contributed by atoms with Crippen LogP contribution in [-0.4, -0.2) is 93.4 Å². The largest absolute Gasteiger partial charge is 2.00 e. The summed E-state index contributed by atoms with van der Waals surface area (Å²) in [6, 6.07) is 0. The van der Waals surface area contributed by atoms with Gasteiger partial charge in [0.2, 0.25) is 0 Å². The topological polar surface area (TPSA) is 201 Å². The van der Waals surface area contributed by atoms with Gasteiger partial charge in [0.05, 0.1) is 23.9 Å². The molecule has 0 rings (SSSR count). The molecule has 0 atom stereocenters. The molecule has 0 amide bonds. The van der Waals surface area contributed by atoms with Crippen LogP contribution in [0.15, 0.2) is 23.3 Å². The van der Waals surface area contributed by atoms with E-state index < -0.39 is 23.9 Å². The molecular weight excluding hydrogens is 497 g/mol. The fourth-order valence-electron chi connectivity index (χ4n) is 3.02. The summed E-state index contributed by atoms with van der Waals surface area (Å²) in [6.07, 6.45) is 11.8. The van der Waals surface area contributed by atoms with Crippen molar-refractivity contribution in [3.63, 3.8) is 0 Å². The van der Waals surface area contributed by atoms with Crippen molar-refractivity contribution in [1.82, 2.24) is 0 Å². The van der Waals surface area contributed by atoms with Crippen LogP contribution in [0.2, 0.25) is 0 Å². The van der Waals surface area contributed by atoms with E-state index in [9.17, 15) is 39.6 Å². The van der Waals surface area contributed by atoms with Crippen molar-refractivity contribution in [2.45, 2.75) is 89.9 Å². The Hall–Kier alpha value is -1.19. The third-order valence-electron chi connectivity index (χ3n) is 4.82. The van der Waals surface area contributed by atoms with Crippen molar-refractivity contribution < 1.29 is 49.8 Å². The standard InChI is InChI=1S/2C12H20O5.2Mg/c2*13-8-6-4-2-1-3-5-7-10(12(16)17)9-11(14)15;;/h2*9,13H,1-8H2,(H,14,15)(H,16,17);;/q;;2*+2/p-4/b2*10-9-;;. The average Bonchev–Trinajstić information content (AvgIpc) is 2.76. The maximum atomic E-state index is 10.5. The fourth-order valence-corrected chi connectivity index (χ4v) is 3.02. The average molecular weight is 533 g/mol. The third kappa shape index (κ3) is 30.8. The Kier molecular flexibility index (Phi) is 35.0. The minimum atomic E-state index is -1.51. The number of carboxylic acid groups (broad SMARTS) is 4. The van der Waals surface area contributed by atoms with E-state index in [4.69, 9.17) is 10.2 Å². The molecule has 2 N–H and O–H groups in total. The van der Waals surface area contributed by atoms with Crippen LogP contribution in [-0.2, 0) is 19.2 Å². The quantitative estimate of drug-likeness (QED) is 0.0958. The number of unbranched alkanes of at least 4 members (excludes halogenated alkanes) is 10. The van der Waals surface area contributed by atoms with Gasteiger partial charge >= 0.3 is 46.1 Å². The van der Waals surface area contributed by atoms with Crippen LogP contribution in [0.25, 0.3) is 0 Å². The summed E-state index contributed by atoms with van der Waals surface area (Å²) < 4.78 is 0. The van der Waals surface area contributed by atoms with Crippen LogP contribution in [0.1, 0.15) is 89.9 Å². The Labute approximate surface area is 245 Å². The van der Waals surface area contributed by atoms with E-state index in [-0.39, 0.29) is 83.3 Å². The third-order valence-corrected chi connectivity index (χ3v) is 4.82. The van der Waals surface area contributed by atoms with E-state index in [1.807, 2.05) is 0 Å². The SMILES string of the molecule is O=C([O-])/C=C(/CCCCCCCCO)C(=O)[O-].O=C([O-])/C=C(/CCCCCCCCO)C(=O)[O-].[Mg+2].[Mg+2]. The molecule has 0 heterocycles. The van der Waals surface area contributed by atoms with Crippen molar-refractivity contribution in [1.29, 1.82) is 0 Å². The van der Waals surface area contributed by atoms with Gasteiger partial charge in [-0.1, -0.05) is 51.4 Å². The van der Waals surface area contributed by atoms with Crippen molar-refractivity contribution in [2.24, 2.45) is 0 Å². The predicted molar refractivity (Wildman–Crippen MR) is 127 cm³/mol. The van der Waals surface area contributed by atoms with Crippen molar-refractivity contribution in [3.05, 3.63) is 23.3 Å².